The van der Waals surface area contributed by atoms with Gasteiger partial charge in [-0.1, -0.05) is 6.07 Å². The van der Waals surface area contributed by atoms with Gasteiger partial charge in [0.1, 0.15) is 5.78 Å². The number of nitrogens with zero attached hydrogens (tertiary/aromatic N) is 1. The maximum Gasteiger partial charge on any atom is 0.156 e. The summed E-state index contributed by atoms with van der Waals surface area (Å²) in [6.45, 7) is 1.48. The lowest BCUT2D eigenvalue weighted by Crippen LogP contribution is -1.97. The molecule has 0 saturated heterocycles. The first-order valence-corrected chi connectivity index (χ1v) is 4.80. The van der Waals surface area contributed by atoms with Gasteiger partial charge < -0.3 is 4.79 Å². The zero-order valence-corrected chi connectivity index (χ0v) is 8.64. The minimum atomic E-state index is -0.0455. The highest BCUT2D eigenvalue weighted by Crippen LogP contribution is 1.99. The molecule has 3 nitrogen and oxygen atoms in total. The Morgan fingerprint density at radius 3 is 2.73 bits per heavy atom. The smallest absolute Gasteiger partial charge is 0.156 e. The van der Waals surface area contributed by atoms with E-state index in [1.54, 1.807) is 12.3 Å². The molecule has 3 heteroatoms. The van der Waals surface area contributed by atoms with Gasteiger partial charge in [0.2, 0.25) is 0 Å². The van der Waals surface area contributed by atoms with Crippen molar-refractivity contribution in [2.24, 2.45) is 0 Å². The summed E-state index contributed by atoms with van der Waals surface area (Å²) in [5, 5.41) is 0. The summed E-state index contributed by atoms with van der Waals surface area (Å²) in [5.74, 6) is -0.00885. The molecule has 0 fully saturated rings. The minimum Gasteiger partial charge on any atom is -0.300 e. The lowest BCUT2D eigenvalue weighted by Gasteiger charge is -1.92. The number of aromatic nitrogens is 1. The van der Waals surface area contributed by atoms with E-state index in [1.807, 2.05) is 18.2 Å². The third-order valence-electron chi connectivity index (χ3n) is 1.85. The Balaban J connectivity index is 2.44. The summed E-state index contributed by atoms with van der Waals surface area (Å²) in [6.07, 6.45) is 5.37. The summed E-state index contributed by atoms with van der Waals surface area (Å²) in [4.78, 5) is 25.9. The van der Waals surface area contributed by atoms with Crippen LogP contribution in [0.4, 0.5) is 0 Å². The van der Waals surface area contributed by atoms with Gasteiger partial charge in [-0.3, -0.25) is 9.78 Å². The van der Waals surface area contributed by atoms with E-state index in [-0.39, 0.29) is 18.0 Å². The fourth-order valence-corrected chi connectivity index (χ4v) is 1.04. The van der Waals surface area contributed by atoms with Gasteiger partial charge in [0.25, 0.3) is 0 Å². The number of hydrogen-bond donors (Lipinski definition) is 0. The van der Waals surface area contributed by atoms with Gasteiger partial charge in [-0.05, 0) is 31.2 Å². The maximum atomic E-state index is 11.3. The second-order valence-corrected chi connectivity index (χ2v) is 3.26. The Morgan fingerprint density at radius 2 is 2.13 bits per heavy atom. The van der Waals surface area contributed by atoms with Gasteiger partial charge in [0.15, 0.2) is 5.78 Å². The Bertz CT molecular complexity index is 368. The van der Waals surface area contributed by atoms with Crippen LogP contribution in [0.3, 0.4) is 0 Å². The van der Waals surface area contributed by atoms with Crippen LogP contribution in [0.5, 0.6) is 0 Å². The Labute approximate surface area is 88.8 Å². The van der Waals surface area contributed by atoms with Crippen molar-refractivity contribution in [2.75, 3.05) is 0 Å². The summed E-state index contributed by atoms with van der Waals surface area (Å²) in [7, 11) is 0. The number of Topliss-reactive ketones (excluding diaryl/α,β-unsaturated/α-hetero) is 1. The van der Waals surface area contributed by atoms with Crippen molar-refractivity contribution in [2.45, 2.75) is 19.8 Å². The van der Waals surface area contributed by atoms with Crippen LogP contribution >= 0.6 is 0 Å². The second kappa shape index (κ2) is 5.86. The highest BCUT2D eigenvalue weighted by atomic mass is 16.1. The molecule has 0 atom stereocenters. The molecule has 0 radical (unpaired) electrons. The molecule has 0 unspecified atom stereocenters. The molecule has 1 rings (SSSR count). The van der Waals surface area contributed by atoms with Crippen molar-refractivity contribution in [1.29, 1.82) is 0 Å². The summed E-state index contributed by atoms with van der Waals surface area (Å²) in [6, 6.07) is 5.48. The Morgan fingerprint density at radius 1 is 1.33 bits per heavy atom. The largest absolute Gasteiger partial charge is 0.300 e. The summed E-state index contributed by atoms with van der Waals surface area (Å²) < 4.78 is 0. The zero-order valence-electron chi connectivity index (χ0n) is 8.64. The molecule has 0 aliphatic rings. The van der Waals surface area contributed by atoms with Crippen LogP contribution in [0.2, 0.25) is 0 Å². The van der Waals surface area contributed by atoms with Crippen molar-refractivity contribution in [1.82, 2.24) is 4.98 Å². The quantitative estimate of drug-likeness (QED) is 0.688. The van der Waals surface area contributed by atoms with E-state index in [9.17, 15) is 9.59 Å². The van der Waals surface area contributed by atoms with Crippen LogP contribution in [0.25, 0.3) is 6.08 Å². The molecule has 0 aromatic carbocycles. The van der Waals surface area contributed by atoms with Gasteiger partial charge in [-0.2, -0.15) is 0 Å². The highest BCUT2D eigenvalue weighted by Gasteiger charge is 1.99. The number of allylic oxidation sites excluding steroid dienone is 1. The van der Waals surface area contributed by atoms with E-state index in [4.69, 9.17) is 0 Å². The molecule has 0 spiro atoms. The number of carbonyl (C=O) groups excluding carboxylic acids is 2. The molecule has 15 heavy (non-hydrogen) atoms. The van der Waals surface area contributed by atoms with E-state index in [0.29, 0.717) is 6.42 Å². The molecule has 1 heterocycles. The molecule has 1 aromatic heterocycles. The first-order valence-electron chi connectivity index (χ1n) is 4.80. The SMILES string of the molecule is CC(=O)CCC(=O)C=Cc1ccccn1. The van der Waals surface area contributed by atoms with Gasteiger partial charge in [0.05, 0.1) is 5.69 Å². The molecule has 0 amide bonds. The van der Waals surface area contributed by atoms with Crippen LogP contribution in [-0.2, 0) is 9.59 Å². The lowest BCUT2D eigenvalue weighted by molar-refractivity contribution is -0.120. The minimum absolute atomic E-state index is 0.0367. The van der Waals surface area contributed by atoms with Gasteiger partial charge >= 0.3 is 0 Å². The molecule has 0 aliphatic heterocycles. The fourth-order valence-electron chi connectivity index (χ4n) is 1.04. The lowest BCUT2D eigenvalue weighted by atomic mass is 10.1. The van der Waals surface area contributed by atoms with Crippen LogP contribution in [-0.4, -0.2) is 16.6 Å². The fraction of sp³-hybridized carbons (Fsp3) is 0.250. The molecular formula is C12H13NO2. The summed E-state index contributed by atoms with van der Waals surface area (Å²) in [5.41, 5.74) is 0.744. The first-order chi connectivity index (χ1) is 7.18. The topological polar surface area (TPSA) is 47.0 Å². The molecule has 78 valence electrons. The van der Waals surface area contributed by atoms with Gasteiger partial charge in [-0.25, -0.2) is 0 Å². The number of carbonyl (C=O) groups is 2. The third kappa shape index (κ3) is 4.86. The van der Waals surface area contributed by atoms with Crippen LogP contribution in [0.15, 0.2) is 30.5 Å². The third-order valence-corrected chi connectivity index (χ3v) is 1.85. The van der Waals surface area contributed by atoms with Crippen molar-refractivity contribution in [3.8, 4) is 0 Å². The predicted molar refractivity (Wildman–Crippen MR) is 58.2 cm³/mol. The van der Waals surface area contributed by atoms with Gasteiger partial charge in [-0.15, -0.1) is 0 Å². The van der Waals surface area contributed by atoms with Crippen LogP contribution < -0.4 is 0 Å². The normalized spacial score (nSPS) is 10.5. The maximum absolute atomic E-state index is 11.3. The molecule has 0 bridgehead atoms. The molecular weight excluding hydrogens is 190 g/mol. The molecule has 1 aromatic rings. The van der Waals surface area contributed by atoms with E-state index < -0.39 is 0 Å². The number of rotatable bonds is 5. The average molecular weight is 203 g/mol. The Kier molecular flexibility index (Phi) is 4.41. The van der Waals surface area contributed by atoms with Crippen molar-refractivity contribution < 1.29 is 9.59 Å². The zero-order chi connectivity index (χ0) is 11.1. The number of hydrogen-bond acceptors (Lipinski definition) is 3. The van der Waals surface area contributed by atoms with E-state index in [1.165, 1.54) is 13.0 Å². The predicted octanol–water partition coefficient (Wildman–Crippen LogP) is 2.03. The second-order valence-electron chi connectivity index (χ2n) is 3.26. The molecule has 0 N–H and O–H groups in total. The Hall–Kier alpha value is -1.77. The monoisotopic (exact) mass is 203 g/mol. The van der Waals surface area contributed by atoms with E-state index in [2.05, 4.69) is 4.98 Å². The first kappa shape index (κ1) is 11.3. The van der Waals surface area contributed by atoms with Gasteiger partial charge in [0, 0.05) is 19.0 Å². The highest BCUT2D eigenvalue weighted by molar-refractivity contribution is 5.95. The van der Waals surface area contributed by atoms with Crippen molar-refractivity contribution in [3.63, 3.8) is 0 Å². The summed E-state index contributed by atoms with van der Waals surface area (Å²) >= 11 is 0. The van der Waals surface area contributed by atoms with Crippen LogP contribution in [0.1, 0.15) is 25.5 Å². The number of ketones is 2. The standard InChI is InChI=1S/C12H13NO2/c1-10(14)5-7-12(15)8-6-11-4-2-3-9-13-11/h2-4,6,8-9H,5,7H2,1H3. The molecule has 0 aliphatic carbocycles. The van der Waals surface area contributed by atoms with E-state index >= 15 is 0 Å². The van der Waals surface area contributed by atoms with Crippen molar-refractivity contribution >= 4 is 17.6 Å². The molecule has 0 saturated carbocycles. The average Bonchev–Trinajstić information content (AvgIpc) is 2.25. The number of pyridine rings is 1. The van der Waals surface area contributed by atoms with Crippen molar-refractivity contribution in [3.05, 3.63) is 36.2 Å². The van der Waals surface area contributed by atoms with Crippen LogP contribution in [0, 0.1) is 0 Å². The van der Waals surface area contributed by atoms with E-state index in [0.717, 1.165) is 5.69 Å².